The maximum atomic E-state index is 12.7. The molecule has 1 N–H and O–H groups in total. The van der Waals surface area contributed by atoms with E-state index in [2.05, 4.69) is 21.2 Å². The zero-order valence-corrected chi connectivity index (χ0v) is 14.3. The topological polar surface area (TPSA) is 46.2 Å². The molecular formula is C12H9BrClF2NO2S2. The number of anilines is 1. The zero-order chi connectivity index (χ0) is 15.6. The lowest BCUT2D eigenvalue weighted by molar-refractivity contribution is 0.235. The van der Waals surface area contributed by atoms with Gasteiger partial charge >= 0.3 is 5.76 Å². The molecule has 1 aromatic heterocycles. The third-order valence-corrected chi connectivity index (χ3v) is 6.49. The van der Waals surface area contributed by atoms with E-state index in [4.69, 9.17) is 11.6 Å². The molecule has 0 fully saturated rings. The Hall–Kier alpha value is -0.700. The Morgan fingerprint density at radius 3 is 2.57 bits per heavy atom. The van der Waals surface area contributed by atoms with Crippen molar-refractivity contribution in [1.82, 2.24) is 0 Å². The van der Waals surface area contributed by atoms with Gasteiger partial charge in [0.1, 0.15) is 4.34 Å². The van der Waals surface area contributed by atoms with Crippen molar-refractivity contribution in [2.24, 2.45) is 0 Å². The molecule has 3 nitrogen and oxygen atoms in total. The lowest BCUT2D eigenvalue weighted by Crippen LogP contribution is -2.14. The normalized spacial score (nSPS) is 11.9. The first-order chi connectivity index (χ1) is 9.82. The van der Waals surface area contributed by atoms with Crippen LogP contribution in [0.15, 0.2) is 39.7 Å². The summed E-state index contributed by atoms with van der Waals surface area (Å²) in [6, 6.07) is 7.36. The third kappa shape index (κ3) is 3.74. The Bertz CT molecular complexity index is 730. The van der Waals surface area contributed by atoms with Gasteiger partial charge in [0.05, 0.1) is 10.6 Å². The fourth-order valence-corrected chi connectivity index (χ4v) is 4.25. The van der Waals surface area contributed by atoms with Crippen LogP contribution in [0.5, 0.6) is 0 Å². The SMILES string of the molecule is O=S(=O)(c1ccccc1NCc1cc(Br)c(Cl)s1)C(F)F. The van der Waals surface area contributed by atoms with Crippen LogP contribution in [0.1, 0.15) is 4.88 Å². The van der Waals surface area contributed by atoms with E-state index in [-0.39, 0.29) is 12.2 Å². The number of nitrogens with one attached hydrogen (secondary N) is 1. The third-order valence-electron chi connectivity index (χ3n) is 2.58. The number of hydrogen-bond donors (Lipinski definition) is 1. The van der Waals surface area contributed by atoms with E-state index >= 15 is 0 Å². The summed E-state index contributed by atoms with van der Waals surface area (Å²) in [5.74, 6) is -3.45. The van der Waals surface area contributed by atoms with Gasteiger partial charge in [0.15, 0.2) is 0 Å². The van der Waals surface area contributed by atoms with Crippen molar-refractivity contribution >= 4 is 54.4 Å². The van der Waals surface area contributed by atoms with Crippen molar-refractivity contribution in [3.63, 3.8) is 0 Å². The molecule has 0 unspecified atom stereocenters. The molecule has 9 heteroatoms. The van der Waals surface area contributed by atoms with E-state index in [9.17, 15) is 17.2 Å². The summed E-state index contributed by atoms with van der Waals surface area (Å²) in [6.45, 7) is 0.283. The number of para-hydroxylation sites is 1. The van der Waals surface area contributed by atoms with Gasteiger partial charge in [-0.1, -0.05) is 23.7 Å². The van der Waals surface area contributed by atoms with Crippen LogP contribution in [0.25, 0.3) is 0 Å². The summed E-state index contributed by atoms with van der Waals surface area (Å²) in [6.07, 6.45) is 0. The standard InChI is InChI=1S/C12H9BrClF2NO2S2/c13-8-5-7(20-11(8)14)6-17-9-3-1-2-4-10(9)21(18,19)12(15)16/h1-5,12,17H,6H2. The number of thiophene rings is 1. The molecule has 0 bridgehead atoms. The quantitative estimate of drug-likeness (QED) is 0.763. The Kier molecular flexibility index (Phi) is 5.24. The number of alkyl halides is 2. The van der Waals surface area contributed by atoms with Crippen molar-refractivity contribution < 1.29 is 17.2 Å². The molecule has 1 heterocycles. The van der Waals surface area contributed by atoms with Crippen molar-refractivity contribution in [2.75, 3.05) is 5.32 Å². The largest absolute Gasteiger partial charge is 0.379 e. The molecular weight excluding hydrogens is 408 g/mol. The number of hydrogen-bond acceptors (Lipinski definition) is 4. The first kappa shape index (κ1) is 16.7. The highest BCUT2D eigenvalue weighted by molar-refractivity contribution is 9.10. The van der Waals surface area contributed by atoms with Gasteiger partial charge in [0, 0.05) is 15.9 Å². The van der Waals surface area contributed by atoms with Crippen molar-refractivity contribution in [3.8, 4) is 0 Å². The molecule has 0 radical (unpaired) electrons. The van der Waals surface area contributed by atoms with E-state index < -0.39 is 20.5 Å². The highest BCUT2D eigenvalue weighted by atomic mass is 79.9. The average molecular weight is 417 g/mol. The maximum Gasteiger partial charge on any atom is 0.341 e. The fourth-order valence-electron chi connectivity index (χ4n) is 1.62. The van der Waals surface area contributed by atoms with Gasteiger partial charge < -0.3 is 5.32 Å². The highest BCUT2D eigenvalue weighted by Gasteiger charge is 2.28. The molecule has 0 aliphatic heterocycles. The molecule has 0 aliphatic rings. The van der Waals surface area contributed by atoms with Gasteiger partial charge in [-0.3, -0.25) is 0 Å². The van der Waals surface area contributed by atoms with E-state index in [0.717, 1.165) is 15.4 Å². The number of halogens is 4. The van der Waals surface area contributed by atoms with Crippen LogP contribution < -0.4 is 5.32 Å². The summed E-state index contributed by atoms with van der Waals surface area (Å²) in [7, 11) is -4.64. The van der Waals surface area contributed by atoms with Gasteiger partial charge in [-0.05, 0) is 34.1 Å². The minimum Gasteiger partial charge on any atom is -0.379 e. The van der Waals surface area contributed by atoms with Gasteiger partial charge in [-0.25, -0.2) is 8.42 Å². The minimum atomic E-state index is -4.64. The van der Waals surface area contributed by atoms with Crippen LogP contribution in [-0.4, -0.2) is 14.2 Å². The summed E-state index contributed by atoms with van der Waals surface area (Å²) in [5, 5.41) is 2.85. The molecule has 0 saturated heterocycles. The summed E-state index contributed by atoms with van der Waals surface area (Å²) < 4.78 is 49.8. The van der Waals surface area contributed by atoms with Crippen LogP contribution in [0, 0.1) is 0 Å². The van der Waals surface area contributed by atoms with E-state index in [1.54, 1.807) is 12.1 Å². The second kappa shape index (κ2) is 6.60. The predicted molar refractivity (Wildman–Crippen MR) is 84.0 cm³/mol. The fraction of sp³-hybridized carbons (Fsp3) is 0.167. The molecule has 0 spiro atoms. The molecule has 21 heavy (non-hydrogen) atoms. The smallest absolute Gasteiger partial charge is 0.341 e. The van der Waals surface area contributed by atoms with Crippen LogP contribution in [0.3, 0.4) is 0 Å². The van der Waals surface area contributed by atoms with Crippen molar-refractivity contribution in [2.45, 2.75) is 17.2 Å². The lowest BCUT2D eigenvalue weighted by atomic mass is 10.3. The molecule has 2 rings (SSSR count). The van der Waals surface area contributed by atoms with Crippen molar-refractivity contribution in [3.05, 3.63) is 44.0 Å². The Morgan fingerprint density at radius 2 is 2.00 bits per heavy atom. The van der Waals surface area contributed by atoms with E-state index in [1.807, 2.05) is 0 Å². The molecule has 0 saturated carbocycles. The molecule has 2 aromatic rings. The molecule has 0 amide bonds. The first-order valence-corrected chi connectivity index (χ1v) is 9.14. The van der Waals surface area contributed by atoms with Gasteiger partial charge in [-0.2, -0.15) is 8.78 Å². The first-order valence-electron chi connectivity index (χ1n) is 5.61. The Morgan fingerprint density at radius 1 is 1.33 bits per heavy atom. The summed E-state index contributed by atoms with van der Waals surface area (Å²) in [5.41, 5.74) is 0.137. The molecule has 1 aromatic carbocycles. The average Bonchev–Trinajstić information content (AvgIpc) is 2.75. The number of benzene rings is 1. The van der Waals surface area contributed by atoms with Crippen LogP contribution in [0.4, 0.5) is 14.5 Å². The monoisotopic (exact) mass is 415 g/mol. The zero-order valence-electron chi connectivity index (χ0n) is 10.3. The summed E-state index contributed by atoms with van der Waals surface area (Å²) >= 11 is 10.5. The lowest BCUT2D eigenvalue weighted by Gasteiger charge is -2.11. The Balaban J connectivity index is 2.25. The van der Waals surface area contributed by atoms with Crippen LogP contribution in [0.2, 0.25) is 4.34 Å². The highest BCUT2D eigenvalue weighted by Crippen LogP contribution is 2.33. The predicted octanol–water partition coefficient (Wildman–Crippen LogP) is 4.77. The van der Waals surface area contributed by atoms with Gasteiger partial charge in [-0.15, -0.1) is 11.3 Å². The number of sulfone groups is 1. The second-order valence-electron chi connectivity index (χ2n) is 3.99. The Labute approximate surface area is 138 Å². The number of rotatable bonds is 5. The van der Waals surface area contributed by atoms with E-state index in [1.165, 1.54) is 23.5 Å². The van der Waals surface area contributed by atoms with E-state index in [0.29, 0.717) is 4.34 Å². The molecule has 0 aliphatic carbocycles. The molecule has 0 atom stereocenters. The second-order valence-corrected chi connectivity index (χ2v) is 8.47. The van der Waals surface area contributed by atoms with Crippen LogP contribution >= 0.6 is 38.9 Å². The van der Waals surface area contributed by atoms with Gasteiger partial charge in [0.2, 0.25) is 9.84 Å². The van der Waals surface area contributed by atoms with Gasteiger partial charge in [0.25, 0.3) is 0 Å². The van der Waals surface area contributed by atoms with Crippen LogP contribution in [-0.2, 0) is 16.4 Å². The minimum absolute atomic E-state index is 0.137. The maximum absolute atomic E-state index is 12.7. The van der Waals surface area contributed by atoms with Crippen molar-refractivity contribution in [1.29, 1.82) is 0 Å². The molecule has 114 valence electrons. The summed E-state index contributed by atoms with van der Waals surface area (Å²) in [4.78, 5) is 0.429.